The van der Waals surface area contributed by atoms with Crippen molar-refractivity contribution in [1.82, 2.24) is 9.55 Å². The van der Waals surface area contributed by atoms with Crippen LogP contribution >= 0.6 is 22.9 Å². The van der Waals surface area contributed by atoms with Crippen LogP contribution in [0.4, 0.5) is 10.7 Å². The molecule has 4 aromatic rings. The van der Waals surface area contributed by atoms with Crippen molar-refractivity contribution in [1.29, 1.82) is 0 Å². The number of carbonyl (C=O) groups excluding carboxylic acids is 2. The highest BCUT2D eigenvalue weighted by atomic mass is 35.5. The molecule has 12 heteroatoms. The number of hydrogen-bond donors (Lipinski definition) is 3. The molecule has 1 aliphatic rings. The Kier molecular flexibility index (Phi) is 8.18. The van der Waals surface area contributed by atoms with Crippen LogP contribution in [-0.4, -0.2) is 39.4 Å². The molecule has 41 heavy (non-hydrogen) atoms. The SMILES string of the molecule is CCOC(=O)c1c(NC(=O)c2ccc(N=Cc3c(O)n(-c4ccccc4Cl)c(=O)[nH]c3=O)cc2)sc2c1CCCC2. The lowest BCUT2D eigenvalue weighted by molar-refractivity contribution is 0.0526. The lowest BCUT2D eigenvalue weighted by Gasteiger charge is -2.12. The van der Waals surface area contributed by atoms with Gasteiger partial charge in [-0.15, -0.1) is 11.3 Å². The minimum absolute atomic E-state index is 0.190. The molecule has 1 aliphatic carbocycles. The number of esters is 1. The number of thiophene rings is 1. The number of halogens is 1. The topological polar surface area (TPSA) is 143 Å². The molecule has 0 bridgehead atoms. The van der Waals surface area contributed by atoms with E-state index in [-0.39, 0.29) is 22.9 Å². The number of H-pyrrole nitrogens is 1. The van der Waals surface area contributed by atoms with Crippen molar-refractivity contribution in [2.45, 2.75) is 32.6 Å². The number of aliphatic imine (C=N–C) groups is 1. The van der Waals surface area contributed by atoms with Gasteiger partial charge in [-0.3, -0.25) is 19.6 Å². The highest BCUT2D eigenvalue weighted by Gasteiger charge is 2.27. The standard InChI is InChI=1S/C29H25ClN4O6S/c1-2-40-28(38)23-18-7-3-6-10-22(18)41-26(23)32-24(35)16-11-13-17(14-12-16)31-15-19-25(36)33-29(39)34(27(19)37)21-9-5-4-8-20(21)30/h4-5,8-9,11-15,37H,2-3,6-7,10H2,1H3,(H,32,35)(H,33,36,39). The molecule has 0 radical (unpaired) electrons. The van der Waals surface area contributed by atoms with Crippen LogP contribution in [-0.2, 0) is 17.6 Å². The number of amides is 1. The second-order valence-corrected chi connectivity index (χ2v) is 10.7. The van der Waals surface area contributed by atoms with E-state index in [1.54, 1.807) is 49.4 Å². The van der Waals surface area contributed by atoms with Gasteiger partial charge in [0.25, 0.3) is 11.5 Å². The first-order chi connectivity index (χ1) is 19.8. The van der Waals surface area contributed by atoms with Gasteiger partial charge in [-0.2, -0.15) is 0 Å². The summed E-state index contributed by atoms with van der Waals surface area (Å²) in [5.74, 6) is -1.46. The van der Waals surface area contributed by atoms with Gasteiger partial charge in [0, 0.05) is 16.7 Å². The van der Waals surface area contributed by atoms with E-state index in [4.69, 9.17) is 16.3 Å². The molecule has 0 unspecified atom stereocenters. The number of nitrogens with zero attached hydrogens (tertiary/aromatic N) is 2. The van der Waals surface area contributed by atoms with E-state index in [1.807, 2.05) is 0 Å². The number of nitrogens with one attached hydrogen (secondary N) is 2. The van der Waals surface area contributed by atoms with Gasteiger partial charge >= 0.3 is 11.7 Å². The summed E-state index contributed by atoms with van der Waals surface area (Å²) in [4.78, 5) is 58.0. The summed E-state index contributed by atoms with van der Waals surface area (Å²) in [5.41, 5.74) is 0.364. The van der Waals surface area contributed by atoms with Crippen LogP contribution in [0.15, 0.2) is 63.1 Å². The molecule has 1 amide bonds. The Morgan fingerprint density at radius 3 is 2.61 bits per heavy atom. The molecule has 210 valence electrons. The Labute approximate surface area is 242 Å². The number of ether oxygens (including phenoxy) is 1. The lowest BCUT2D eigenvalue weighted by atomic mass is 9.95. The van der Waals surface area contributed by atoms with Crippen molar-refractivity contribution in [2.75, 3.05) is 11.9 Å². The average Bonchev–Trinajstić information content (AvgIpc) is 3.32. The molecule has 10 nitrogen and oxygen atoms in total. The van der Waals surface area contributed by atoms with Crippen molar-refractivity contribution < 1.29 is 19.4 Å². The van der Waals surface area contributed by atoms with Crippen LogP contribution in [0.1, 0.15) is 56.5 Å². The third kappa shape index (κ3) is 5.72. The van der Waals surface area contributed by atoms with Crippen molar-refractivity contribution in [3.63, 3.8) is 0 Å². The molecule has 2 aromatic carbocycles. The second-order valence-electron chi connectivity index (χ2n) is 9.18. The minimum atomic E-state index is -0.856. The smallest absolute Gasteiger partial charge is 0.341 e. The van der Waals surface area contributed by atoms with Crippen LogP contribution < -0.4 is 16.6 Å². The first-order valence-electron chi connectivity index (χ1n) is 12.9. The summed E-state index contributed by atoms with van der Waals surface area (Å²) in [7, 11) is 0. The van der Waals surface area contributed by atoms with Crippen molar-refractivity contribution in [3.05, 3.63) is 102 Å². The zero-order valence-electron chi connectivity index (χ0n) is 21.9. The molecule has 3 N–H and O–H groups in total. The number of aromatic hydroxyl groups is 1. The monoisotopic (exact) mass is 592 g/mol. The fourth-order valence-electron chi connectivity index (χ4n) is 4.60. The Morgan fingerprint density at radius 2 is 1.88 bits per heavy atom. The van der Waals surface area contributed by atoms with Crippen LogP contribution in [0.25, 0.3) is 5.69 Å². The molecule has 2 heterocycles. The summed E-state index contributed by atoms with van der Waals surface area (Å²) in [6, 6.07) is 12.6. The Bertz CT molecular complexity index is 1790. The highest BCUT2D eigenvalue weighted by molar-refractivity contribution is 7.17. The number of fused-ring (bicyclic) bond motifs is 1. The van der Waals surface area contributed by atoms with Gasteiger partial charge in [0.15, 0.2) is 0 Å². The first kappa shape index (κ1) is 28.1. The zero-order chi connectivity index (χ0) is 29.1. The third-order valence-electron chi connectivity index (χ3n) is 6.56. The Balaban J connectivity index is 1.38. The molecule has 0 atom stereocenters. The fourth-order valence-corrected chi connectivity index (χ4v) is 6.09. The maximum absolute atomic E-state index is 13.1. The number of carbonyl (C=O) groups is 2. The van der Waals surface area contributed by atoms with Crippen molar-refractivity contribution in [3.8, 4) is 11.6 Å². The molecule has 5 rings (SSSR count). The molecule has 0 saturated heterocycles. The van der Waals surface area contributed by atoms with Gasteiger partial charge in [-0.1, -0.05) is 23.7 Å². The number of aryl methyl sites for hydroxylation is 1. The number of aromatic amines is 1. The summed E-state index contributed by atoms with van der Waals surface area (Å²) in [6.07, 6.45) is 4.78. The molecule has 0 aliphatic heterocycles. The predicted octanol–water partition coefficient (Wildman–Crippen LogP) is 5.00. The van der Waals surface area contributed by atoms with Crippen LogP contribution in [0.3, 0.4) is 0 Å². The van der Waals surface area contributed by atoms with E-state index in [9.17, 15) is 24.3 Å². The number of para-hydroxylation sites is 1. The van der Waals surface area contributed by atoms with Gasteiger partial charge < -0.3 is 15.2 Å². The van der Waals surface area contributed by atoms with Gasteiger partial charge in [0.05, 0.1) is 28.6 Å². The first-order valence-corrected chi connectivity index (χ1v) is 14.1. The molecule has 0 spiro atoms. The summed E-state index contributed by atoms with van der Waals surface area (Å²) < 4.78 is 6.13. The quantitative estimate of drug-likeness (QED) is 0.203. The van der Waals surface area contributed by atoms with Crippen molar-refractivity contribution >= 4 is 51.7 Å². The average molecular weight is 593 g/mol. The van der Waals surface area contributed by atoms with E-state index in [0.29, 0.717) is 21.8 Å². The Morgan fingerprint density at radius 1 is 1.15 bits per heavy atom. The predicted molar refractivity (Wildman–Crippen MR) is 158 cm³/mol. The lowest BCUT2D eigenvalue weighted by Crippen LogP contribution is -2.31. The minimum Gasteiger partial charge on any atom is -0.493 e. The number of hydrogen-bond acceptors (Lipinski definition) is 8. The van der Waals surface area contributed by atoms with Crippen LogP contribution in [0.5, 0.6) is 5.88 Å². The highest BCUT2D eigenvalue weighted by Crippen LogP contribution is 2.39. The van der Waals surface area contributed by atoms with E-state index >= 15 is 0 Å². The fraction of sp³-hybridized carbons (Fsp3) is 0.207. The van der Waals surface area contributed by atoms with Gasteiger partial charge in [0.1, 0.15) is 10.6 Å². The van der Waals surface area contributed by atoms with E-state index in [2.05, 4.69) is 15.3 Å². The molecule has 0 fully saturated rings. The van der Waals surface area contributed by atoms with E-state index < -0.39 is 29.0 Å². The molecule has 0 saturated carbocycles. The summed E-state index contributed by atoms with van der Waals surface area (Å²) in [5, 5.41) is 14.3. The van der Waals surface area contributed by atoms with Gasteiger partial charge in [-0.05, 0) is 74.6 Å². The number of rotatable bonds is 7. The summed E-state index contributed by atoms with van der Waals surface area (Å²) >= 11 is 7.58. The molecule has 2 aromatic heterocycles. The van der Waals surface area contributed by atoms with Gasteiger partial charge in [0.2, 0.25) is 5.88 Å². The number of benzene rings is 2. The van der Waals surface area contributed by atoms with Crippen LogP contribution in [0, 0.1) is 0 Å². The largest absolute Gasteiger partial charge is 0.493 e. The zero-order valence-corrected chi connectivity index (χ0v) is 23.5. The van der Waals surface area contributed by atoms with Crippen LogP contribution in [0.2, 0.25) is 5.02 Å². The maximum atomic E-state index is 13.1. The second kappa shape index (κ2) is 11.9. The maximum Gasteiger partial charge on any atom is 0.341 e. The van der Waals surface area contributed by atoms with Crippen molar-refractivity contribution in [2.24, 2.45) is 4.99 Å². The van der Waals surface area contributed by atoms with E-state index in [0.717, 1.165) is 46.9 Å². The third-order valence-corrected chi connectivity index (χ3v) is 8.09. The summed E-state index contributed by atoms with van der Waals surface area (Å²) in [6.45, 7) is 1.98. The normalized spacial score (nSPS) is 12.7. The number of anilines is 1. The van der Waals surface area contributed by atoms with E-state index in [1.165, 1.54) is 17.4 Å². The Hall–Kier alpha value is -4.48. The molecular formula is C29H25ClN4O6S. The van der Waals surface area contributed by atoms with Gasteiger partial charge in [-0.25, -0.2) is 14.2 Å². The molecular weight excluding hydrogens is 568 g/mol. The number of aromatic nitrogens is 2.